The second-order valence-electron chi connectivity index (χ2n) is 8.71. The highest BCUT2D eigenvalue weighted by Crippen LogP contribution is 2.22. The maximum Gasteiger partial charge on any atom is 0.304 e. The zero-order valence-electron chi connectivity index (χ0n) is 22.1. The van der Waals surface area contributed by atoms with Crippen molar-refractivity contribution in [2.45, 2.75) is 45.7 Å². The van der Waals surface area contributed by atoms with Crippen molar-refractivity contribution in [1.82, 2.24) is 14.5 Å². The molecule has 0 saturated carbocycles. The molecule has 0 fully saturated rings. The minimum absolute atomic E-state index is 0.0851. The SMILES string of the molecule is CCCCNC(=O)C(CC)N(Cc1ccc(OC)cc1)C(=O)CN(c1ccc(F)cc1)S(=O)(=O)N(C)C. The summed E-state index contributed by atoms with van der Waals surface area (Å²) < 4.78 is 46.9. The molecule has 204 valence electrons. The number of nitrogens with zero attached hydrogens (tertiary/aromatic N) is 3. The molecular formula is C26H37FN4O5S. The van der Waals surface area contributed by atoms with Crippen molar-refractivity contribution in [2.75, 3.05) is 38.6 Å². The van der Waals surface area contributed by atoms with E-state index in [1.807, 2.05) is 6.92 Å². The van der Waals surface area contributed by atoms with Crippen molar-refractivity contribution in [3.8, 4) is 5.75 Å². The van der Waals surface area contributed by atoms with Gasteiger partial charge in [0.15, 0.2) is 0 Å². The van der Waals surface area contributed by atoms with Crippen molar-refractivity contribution in [2.24, 2.45) is 0 Å². The molecule has 11 heteroatoms. The average molecular weight is 537 g/mol. The first-order chi connectivity index (χ1) is 17.5. The Bertz CT molecular complexity index is 1120. The van der Waals surface area contributed by atoms with Gasteiger partial charge in [0, 0.05) is 27.2 Å². The lowest BCUT2D eigenvalue weighted by molar-refractivity contribution is -0.140. The number of nitrogens with one attached hydrogen (secondary N) is 1. The van der Waals surface area contributed by atoms with E-state index in [2.05, 4.69) is 5.32 Å². The van der Waals surface area contributed by atoms with Crippen LogP contribution in [0.15, 0.2) is 48.5 Å². The highest BCUT2D eigenvalue weighted by Gasteiger charge is 2.33. The monoisotopic (exact) mass is 536 g/mol. The number of methoxy groups -OCH3 is 1. The predicted octanol–water partition coefficient (Wildman–Crippen LogP) is 3.17. The maximum atomic E-state index is 13.7. The minimum Gasteiger partial charge on any atom is -0.497 e. The van der Waals surface area contributed by atoms with Gasteiger partial charge in [0.1, 0.15) is 24.2 Å². The minimum atomic E-state index is -4.11. The number of hydrogen-bond donors (Lipinski definition) is 1. The Morgan fingerprint density at radius 2 is 1.65 bits per heavy atom. The van der Waals surface area contributed by atoms with Gasteiger partial charge in [0.2, 0.25) is 11.8 Å². The summed E-state index contributed by atoms with van der Waals surface area (Å²) in [6, 6.07) is 11.1. The molecule has 0 spiro atoms. The Labute approximate surface area is 219 Å². The summed E-state index contributed by atoms with van der Waals surface area (Å²) in [5, 5.41) is 2.88. The zero-order chi connectivity index (χ0) is 27.6. The quantitative estimate of drug-likeness (QED) is 0.374. The smallest absolute Gasteiger partial charge is 0.304 e. The molecule has 2 amide bonds. The number of rotatable bonds is 14. The molecule has 1 unspecified atom stereocenters. The van der Waals surface area contributed by atoms with E-state index < -0.39 is 34.5 Å². The molecule has 2 aromatic carbocycles. The number of unbranched alkanes of at least 4 members (excludes halogenated alkanes) is 1. The lowest BCUT2D eigenvalue weighted by Crippen LogP contribution is -2.53. The van der Waals surface area contributed by atoms with E-state index in [1.54, 1.807) is 38.3 Å². The molecular weight excluding hydrogens is 499 g/mol. The van der Waals surface area contributed by atoms with Gasteiger partial charge in [0.25, 0.3) is 0 Å². The van der Waals surface area contributed by atoms with Crippen molar-refractivity contribution in [3.05, 3.63) is 59.9 Å². The van der Waals surface area contributed by atoms with Gasteiger partial charge in [-0.15, -0.1) is 0 Å². The second-order valence-corrected chi connectivity index (χ2v) is 10.8. The van der Waals surface area contributed by atoms with Crippen molar-refractivity contribution < 1.29 is 27.1 Å². The van der Waals surface area contributed by atoms with Crippen LogP contribution < -0.4 is 14.4 Å². The Kier molecular flexibility index (Phi) is 11.3. The number of halogens is 1. The molecule has 9 nitrogen and oxygen atoms in total. The summed E-state index contributed by atoms with van der Waals surface area (Å²) in [4.78, 5) is 28.2. The molecule has 0 aliphatic rings. The van der Waals surface area contributed by atoms with Crippen LogP contribution in [0.5, 0.6) is 5.75 Å². The maximum absolute atomic E-state index is 13.7. The Morgan fingerprint density at radius 3 is 2.16 bits per heavy atom. The van der Waals surface area contributed by atoms with Crippen molar-refractivity contribution in [3.63, 3.8) is 0 Å². The molecule has 0 aromatic heterocycles. The van der Waals surface area contributed by atoms with Crippen molar-refractivity contribution >= 4 is 27.7 Å². The summed E-state index contributed by atoms with van der Waals surface area (Å²) in [6.07, 6.45) is 2.03. The van der Waals surface area contributed by atoms with Gasteiger partial charge in [-0.05, 0) is 54.8 Å². The lowest BCUT2D eigenvalue weighted by Gasteiger charge is -2.34. The summed E-state index contributed by atoms with van der Waals surface area (Å²) in [6.45, 7) is 3.81. The molecule has 0 heterocycles. The molecule has 1 atom stereocenters. The van der Waals surface area contributed by atoms with Crippen LogP contribution in [0.4, 0.5) is 10.1 Å². The number of carbonyl (C=O) groups excluding carboxylic acids is 2. The van der Waals surface area contributed by atoms with E-state index in [4.69, 9.17) is 4.74 Å². The summed E-state index contributed by atoms with van der Waals surface area (Å²) in [5.41, 5.74) is 0.881. The second kappa shape index (κ2) is 13.9. The highest BCUT2D eigenvalue weighted by molar-refractivity contribution is 7.90. The van der Waals surface area contributed by atoms with Crippen LogP contribution in [-0.4, -0.2) is 69.8 Å². The molecule has 2 aromatic rings. The fourth-order valence-electron chi connectivity index (χ4n) is 3.68. The standard InChI is InChI=1S/C26H37FN4O5S/c1-6-8-17-28-26(33)24(7-2)30(18-20-9-15-23(36-5)16-10-20)25(32)19-31(37(34,35)29(3)4)22-13-11-21(27)12-14-22/h9-16,24H,6-8,17-19H2,1-5H3,(H,28,33). The topological polar surface area (TPSA) is 99.3 Å². The van der Waals surface area contributed by atoms with Crippen LogP contribution in [0.1, 0.15) is 38.7 Å². The number of carbonyl (C=O) groups is 2. The summed E-state index contributed by atoms with van der Waals surface area (Å²) >= 11 is 0. The fraction of sp³-hybridized carbons (Fsp3) is 0.462. The molecule has 0 saturated heterocycles. The third kappa shape index (κ3) is 8.16. The van der Waals surface area contributed by atoms with E-state index in [9.17, 15) is 22.4 Å². The van der Waals surface area contributed by atoms with Crippen LogP contribution in [0, 0.1) is 5.82 Å². The molecule has 1 N–H and O–H groups in total. The number of amides is 2. The van der Waals surface area contributed by atoms with Crippen LogP contribution in [-0.2, 0) is 26.3 Å². The molecule has 0 radical (unpaired) electrons. The van der Waals surface area contributed by atoms with Gasteiger partial charge >= 0.3 is 10.2 Å². The molecule has 0 bridgehead atoms. The number of hydrogen-bond acceptors (Lipinski definition) is 5. The van der Waals surface area contributed by atoms with E-state index in [1.165, 1.54) is 31.1 Å². The van der Waals surface area contributed by atoms with Crippen LogP contribution >= 0.6 is 0 Å². The van der Waals surface area contributed by atoms with E-state index in [-0.39, 0.29) is 18.1 Å². The van der Waals surface area contributed by atoms with Crippen LogP contribution in [0.2, 0.25) is 0 Å². The number of benzene rings is 2. The first kappa shape index (κ1) is 30.0. The fourth-order valence-corrected chi connectivity index (χ4v) is 4.73. The van der Waals surface area contributed by atoms with Gasteiger partial charge < -0.3 is 15.0 Å². The largest absolute Gasteiger partial charge is 0.497 e. The van der Waals surface area contributed by atoms with E-state index in [0.29, 0.717) is 18.7 Å². The number of anilines is 1. The van der Waals surface area contributed by atoms with E-state index in [0.717, 1.165) is 39.1 Å². The van der Waals surface area contributed by atoms with Crippen LogP contribution in [0.3, 0.4) is 0 Å². The lowest BCUT2D eigenvalue weighted by atomic mass is 10.1. The molecule has 0 aliphatic heterocycles. The number of ether oxygens (including phenoxy) is 1. The summed E-state index contributed by atoms with van der Waals surface area (Å²) in [5.74, 6) is -0.761. The molecule has 37 heavy (non-hydrogen) atoms. The average Bonchev–Trinajstić information content (AvgIpc) is 2.88. The van der Waals surface area contributed by atoms with Crippen molar-refractivity contribution in [1.29, 1.82) is 0 Å². The van der Waals surface area contributed by atoms with Gasteiger partial charge in [0.05, 0.1) is 12.8 Å². The predicted molar refractivity (Wildman–Crippen MR) is 142 cm³/mol. The Morgan fingerprint density at radius 1 is 1.03 bits per heavy atom. The van der Waals surface area contributed by atoms with E-state index >= 15 is 0 Å². The Hall–Kier alpha value is -3.18. The molecule has 0 aliphatic carbocycles. The van der Waals surface area contributed by atoms with Gasteiger partial charge in [-0.1, -0.05) is 32.4 Å². The first-order valence-electron chi connectivity index (χ1n) is 12.2. The zero-order valence-corrected chi connectivity index (χ0v) is 22.9. The molecule has 2 rings (SSSR count). The van der Waals surface area contributed by atoms with Gasteiger partial charge in [-0.3, -0.25) is 9.59 Å². The van der Waals surface area contributed by atoms with Crippen LogP contribution in [0.25, 0.3) is 0 Å². The van der Waals surface area contributed by atoms with Gasteiger partial charge in [-0.2, -0.15) is 12.7 Å². The normalized spacial score (nSPS) is 12.2. The third-order valence-electron chi connectivity index (χ3n) is 5.86. The van der Waals surface area contributed by atoms with Gasteiger partial charge in [-0.25, -0.2) is 8.70 Å². The highest BCUT2D eigenvalue weighted by atomic mass is 32.2. The third-order valence-corrected chi connectivity index (χ3v) is 7.68. The Balaban J connectivity index is 2.45. The first-order valence-corrected chi connectivity index (χ1v) is 13.6. The summed E-state index contributed by atoms with van der Waals surface area (Å²) in [7, 11) is 0.141.